The molecule has 0 amide bonds. The van der Waals surface area contributed by atoms with Crippen LogP contribution in [0.2, 0.25) is 0 Å². The number of halogens is 3. The van der Waals surface area contributed by atoms with Crippen LogP contribution in [-0.2, 0) is 13.4 Å². The predicted octanol–water partition coefficient (Wildman–Crippen LogP) is 2.52. The van der Waals surface area contributed by atoms with Crippen LogP contribution in [0.3, 0.4) is 0 Å². The fourth-order valence-corrected chi connectivity index (χ4v) is 11.9. The Balaban J connectivity index is 2.37. The van der Waals surface area contributed by atoms with Crippen molar-refractivity contribution in [2.24, 2.45) is 0 Å². The van der Waals surface area contributed by atoms with Crippen molar-refractivity contribution >= 4 is 36.7 Å². The van der Waals surface area contributed by atoms with E-state index in [1.54, 1.807) is 91.0 Å². The van der Waals surface area contributed by atoms with Crippen LogP contribution in [0.25, 0.3) is 0 Å². The van der Waals surface area contributed by atoms with Crippen LogP contribution >= 0.6 is 0 Å². The summed E-state index contributed by atoms with van der Waals surface area (Å²) in [4.78, 5) is 0. The molecule has 0 spiro atoms. The maximum atomic E-state index is 13.2. The van der Waals surface area contributed by atoms with E-state index in [0.29, 0.717) is 13.4 Å². The van der Waals surface area contributed by atoms with Gasteiger partial charge in [0.15, 0.2) is 0 Å². The topological polar surface area (TPSA) is 43.4 Å². The van der Waals surface area contributed by atoms with E-state index in [4.69, 9.17) is 3.27 Å². The quantitative estimate of drug-likeness (QED) is 0.435. The van der Waals surface area contributed by atoms with Gasteiger partial charge in [0.05, 0.1) is 0 Å². The summed E-state index contributed by atoms with van der Waals surface area (Å²) in [6.45, 7) is 0. The summed E-state index contributed by atoms with van der Waals surface area (Å²) in [5, 5.41) is 0. The minimum absolute atomic E-state index is 0.416. The molecule has 8 heteroatoms. The standard InChI is InChI=1S/C19H15F3O3SSe/c20-19(21,22)26(23,24)25-27(16-10-4-1-5-11-16,17-12-6-2-7-13-17)18-14-8-3-9-15-18/h1-15H. The fraction of sp³-hybridized carbons (Fsp3) is 0.0526. The number of benzene rings is 3. The first-order chi connectivity index (χ1) is 12.8. The van der Waals surface area contributed by atoms with Gasteiger partial charge in [-0.05, 0) is 0 Å². The van der Waals surface area contributed by atoms with Gasteiger partial charge in [-0.2, -0.15) is 0 Å². The molecule has 0 atom stereocenters. The summed E-state index contributed by atoms with van der Waals surface area (Å²) in [6, 6.07) is 24.6. The summed E-state index contributed by atoms with van der Waals surface area (Å²) in [5.74, 6) is 0. The Morgan fingerprint density at radius 3 is 1.19 bits per heavy atom. The van der Waals surface area contributed by atoms with Crippen molar-refractivity contribution in [2.75, 3.05) is 0 Å². The summed E-state index contributed by atoms with van der Waals surface area (Å²) >= 11 is -4.23. The van der Waals surface area contributed by atoms with E-state index < -0.39 is 28.8 Å². The Bertz CT molecular complexity index is 896. The van der Waals surface area contributed by atoms with Gasteiger partial charge in [0.1, 0.15) is 0 Å². The molecule has 27 heavy (non-hydrogen) atoms. The van der Waals surface area contributed by atoms with Crippen molar-refractivity contribution in [3.63, 3.8) is 0 Å². The zero-order valence-corrected chi connectivity index (χ0v) is 16.4. The average Bonchev–Trinajstić information content (AvgIpc) is 2.67. The molecular formula is C19H15F3O3SSe. The van der Waals surface area contributed by atoms with Crippen molar-refractivity contribution in [3.05, 3.63) is 91.0 Å². The molecule has 0 radical (unpaired) electrons. The van der Waals surface area contributed by atoms with Gasteiger partial charge in [-0.25, -0.2) is 0 Å². The Hall–Kier alpha value is -2.12. The molecule has 0 aliphatic heterocycles. The Labute approximate surface area is 158 Å². The van der Waals surface area contributed by atoms with Gasteiger partial charge < -0.3 is 0 Å². The van der Waals surface area contributed by atoms with Gasteiger partial charge >= 0.3 is 158 Å². The van der Waals surface area contributed by atoms with Crippen LogP contribution in [0.1, 0.15) is 0 Å². The second kappa shape index (κ2) is 7.48. The van der Waals surface area contributed by atoms with Gasteiger partial charge in [0, 0.05) is 0 Å². The van der Waals surface area contributed by atoms with Crippen LogP contribution in [0.5, 0.6) is 0 Å². The Kier molecular flexibility index (Phi) is 5.44. The summed E-state index contributed by atoms with van der Waals surface area (Å²) in [5.41, 5.74) is -5.52. The van der Waals surface area contributed by atoms with Crippen molar-refractivity contribution in [1.29, 1.82) is 0 Å². The molecule has 0 saturated carbocycles. The summed E-state index contributed by atoms with van der Waals surface area (Å²) < 4.78 is 70.2. The Morgan fingerprint density at radius 2 is 0.926 bits per heavy atom. The summed E-state index contributed by atoms with van der Waals surface area (Å²) in [6.07, 6.45) is 0. The van der Waals surface area contributed by atoms with Crippen LogP contribution in [0, 0.1) is 0 Å². The molecule has 0 aliphatic rings. The normalized spacial score (nSPS) is 13.3. The van der Waals surface area contributed by atoms with Crippen molar-refractivity contribution in [1.82, 2.24) is 0 Å². The molecule has 0 fully saturated rings. The second-order valence-electron chi connectivity index (χ2n) is 5.46. The first kappa shape index (κ1) is 19.6. The molecule has 142 valence electrons. The number of hydrogen-bond donors (Lipinski definition) is 0. The van der Waals surface area contributed by atoms with Crippen molar-refractivity contribution in [2.45, 2.75) is 5.51 Å². The SMILES string of the molecule is O=S(=O)(O[Se](c1ccccc1)(c1ccccc1)c1ccccc1)C(F)(F)F. The monoisotopic (exact) mass is 460 g/mol. The molecule has 0 N–H and O–H groups in total. The zero-order valence-electron chi connectivity index (χ0n) is 13.8. The molecule has 0 saturated heterocycles. The van der Waals surface area contributed by atoms with E-state index in [-0.39, 0.29) is 0 Å². The Morgan fingerprint density at radius 1 is 0.630 bits per heavy atom. The number of rotatable bonds is 5. The van der Waals surface area contributed by atoms with E-state index in [0.717, 1.165) is 0 Å². The number of hydrogen-bond acceptors (Lipinski definition) is 3. The third kappa shape index (κ3) is 3.80. The molecule has 0 unspecified atom stereocenters. The molecule has 3 nitrogen and oxygen atoms in total. The fourth-order valence-electron chi connectivity index (χ4n) is 2.54. The van der Waals surface area contributed by atoms with E-state index in [2.05, 4.69) is 0 Å². The molecule has 0 aliphatic carbocycles. The van der Waals surface area contributed by atoms with Gasteiger partial charge in [0.2, 0.25) is 0 Å². The predicted molar refractivity (Wildman–Crippen MR) is 100 cm³/mol. The van der Waals surface area contributed by atoms with Gasteiger partial charge in [-0.15, -0.1) is 0 Å². The van der Waals surface area contributed by atoms with E-state index in [1.807, 2.05) is 0 Å². The second-order valence-corrected chi connectivity index (χ2v) is 13.1. The molecule has 0 bridgehead atoms. The van der Waals surface area contributed by atoms with Gasteiger partial charge in [-0.3, -0.25) is 0 Å². The van der Waals surface area contributed by atoms with Crippen LogP contribution in [0.15, 0.2) is 91.0 Å². The van der Waals surface area contributed by atoms with Crippen molar-refractivity contribution < 1.29 is 24.9 Å². The van der Waals surface area contributed by atoms with Crippen LogP contribution in [0.4, 0.5) is 13.2 Å². The zero-order chi connectivity index (χ0) is 19.5. The molecule has 0 heterocycles. The molecule has 0 aromatic heterocycles. The van der Waals surface area contributed by atoms with E-state index in [9.17, 15) is 21.6 Å². The summed E-state index contributed by atoms with van der Waals surface area (Å²) in [7, 11) is -5.83. The van der Waals surface area contributed by atoms with Gasteiger partial charge in [-0.1, -0.05) is 0 Å². The van der Waals surface area contributed by atoms with Gasteiger partial charge in [0.25, 0.3) is 0 Å². The van der Waals surface area contributed by atoms with Crippen LogP contribution in [-0.4, -0.2) is 27.1 Å². The molecule has 3 aromatic carbocycles. The third-order valence-corrected chi connectivity index (χ3v) is 13.0. The molecule has 3 rings (SSSR count). The van der Waals surface area contributed by atoms with Crippen molar-refractivity contribution in [3.8, 4) is 0 Å². The molecule has 3 aromatic rings. The average molecular weight is 459 g/mol. The van der Waals surface area contributed by atoms with Crippen LogP contribution < -0.4 is 13.4 Å². The minimum atomic E-state index is -5.83. The maximum absolute atomic E-state index is 13.2. The first-order valence-corrected chi connectivity index (χ1v) is 12.5. The number of alkyl halides is 3. The van der Waals surface area contributed by atoms with E-state index >= 15 is 0 Å². The third-order valence-electron chi connectivity index (χ3n) is 3.70. The molecular weight excluding hydrogens is 444 g/mol. The van der Waals surface area contributed by atoms with E-state index in [1.165, 1.54) is 0 Å². The first-order valence-electron chi connectivity index (χ1n) is 7.78.